The van der Waals surface area contributed by atoms with Crippen LogP contribution < -0.4 is 10.5 Å². The Morgan fingerprint density at radius 2 is 1.95 bits per heavy atom. The highest BCUT2D eigenvalue weighted by Gasteiger charge is 2.10. The first-order chi connectivity index (χ1) is 9.40. The molecule has 0 fully saturated rings. The molecule has 0 radical (unpaired) electrons. The summed E-state index contributed by atoms with van der Waals surface area (Å²) in [5, 5.41) is 8.36. The summed E-state index contributed by atoms with van der Waals surface area (Å²) in [7, 11) is -3.66. The van der Waals surface area contributed by atoms with E-state index in [1.54, 1.807) is 17.4 Å². The van der Waals surface area contributed by atoms with Gasteiger partial charge in [-0.05, 0) is 52.7 Å². The smallest absolute Gasteiger partial charge is 0.238 e. The van der Waals surface area contributed by atoms with Crippen LogP contribution in [0.3, 0.4) is 0 Å². The molecule has 0 aliphatic heterocycles. The standard InChI is InChI=1S/C13H15BrN2O2S2/c1-2-9-3-4-10(19-9)8-16-13-6-5-11(7-12(13)14)20(15,17)18/h3-7,16H,2,8H2,1H3,(H2,15,17,18). The lowest BCUT2D eigenvalue weighted by Gasteiger charge is -2.08. The Morgan fingerprint density at radius 1 is 1.25 bits per heavy atom. The number of hydrogen-bond acceptors (Lipinski definition) is 4. The number of benzene rings is 1. The third-order valence-corrected chi connectivity index (χ3v) is 5.58. The third kappa shape index (κ3) is 3.82. The number of nitrogens with two attached hydrogens (primary N) is 1. The minimum Gasteiger partial charge on any atom is -0.379 e. The van der Waals surface area contributed by atoms with Gasteiger partial charge in [0.05, 0.1) is 4.90 Å². The molecule has 1 heterocycles. The van der Waals surface area contributed by atoms with Crippen molar-refractivity contribution in [3.8, 4) is 0 Å². The maximum Gasteiger partial charge on any atom is 0.238 e. The molecule has 0 unspecified atom stereocenters. The van der Waals surface area contributed by atoms with Gasteiger partial charge >= 0.3 is 0 Å². The van der Waals surface area contributed by atoms with Crippen molar-refractivity contribution in [2.45, 2.75) is 24.8 Å². The molecule has 0 amide bonds. The van der Waals surface area contributed by atoms with E-state index in [4.69, 9.17) is 5.14 Å². The number of aryl methyl sites for hydroxylation is 1. The zero-order chi connectivity index (χ0) is 14.8. The van der Waals surface area contributed by atoms with Gasteiger partial charge < -0.3 is 5.32 Å². The number of primary sulfonamides is 1. The summed E-state index contributed by atoms with van der Waals surface area (Å²) in [6, 6.07) is 8.93. The lowest BCUT2D eigenvalue weighted by Crippen LogP contribution is -2.12. The fourth-order valence-electron chi connectivity index (χ4n) is 1.71. The first-order valence-electron chi connectivity index (χ1n) is 6.04. The van der Waals surface area contributed by atoms with Crippen LogP contribution in [0.1, 0.15) is 16.7 Å². The second-order valence-electron chi connectivity index (χ2n) is 4.26. The summed E-state index contributed by atoms with van der Waals surface area (Å²) >= 11 is 5.12. The van der Waals surface area contributed by atoms with Gasteiger partial charge in [0.15, 0.2) is 0 Å². The maximum atomic E-state index is 11.2. The van der Waals surface area contributed by atoms with Gasteiger partial charge in [0.1, 0.15) is 0 Å². The van der Waals surface area contributed by atoms with Crippen LogP contribution in [0.4, 0.5) is 5.69 Å². The third-order valence-electron chi connectivity index (χ3n) is 2.79. The summed E-state index contributed by atoms with van der Waals surface area (Å²) in [6.07, 6.45) is 1.04. The van der Waals surface area contributed by atoms with Crippen LogP contribution in [0.25, 0.3) is 0 Å². The van der Waals surface area contributed by atoms with Crippen LogP contribution >= 0.6 is 27.3 Å². The monoisotopic (exact) mass is 374 g/mol. The summed E-state index contributed by atoms with van der Waals surface area (Å²) < 4.78 is 23.2. The number of halogens is 1. The van der Waals surface area contributed by atoms with E-state index in [2.05, 4.69) is 40.3 Å². The molecule has 2 rings (SSSR count). The minimum absolute atomic E-state index is 0.0966. The van der Waals surface area contributed by atoms with Gasteiger partial charge in [-0.1, -0.05) is 6.92 Å². The van der Waals surface area contributed by atoms with Crippen molar-refractivity contribution in [2.24, 2.45) is 5.14 Å². The first-order valence-corrected chi connectivity index (χ1v) is 9.19. The van der Waals surface area contributed by atoms with Crippen LogP contribution in [0.5, 0.6) is 0 Å². The van der Waals surface area contributed by atoms with Crippen molar-refractivity contribution in [1.29, 1.82) is 0 Å². The Labute approximate surface area is 131 Å². The molecule has 0 spiro atoms. The zero-order valence-corrected chi connectivity index (χ0v) is 14.1. The Balaban J connectivity index is 2.10. The van der Waals surface area contributed by atoms with E-state index in [0.717, 1.165) is 12.1 Å². The number of thiophene rings is 1. The lowest BCUT2D eigenvalue weighted by atomic mass is 10.3. The van der Waals surface area contributed by atoms with Crippen molar-refractivity contribution in [3.63, 3.8) is 0 Å². The molecule has 0 atom stereocenters. The highest BCUT2D eigenvalue weighted by molar-refractivity contribution is 9.10. The van der Waals surface area contributed by atoms with Crippen molar-refractivity contribution >= 4 is 43.0 Å². The molecule has 0 aliphatic rings. The molecular formula is C13H15BrN2O2S2. The molecule has 20 heavy (non-hydrogen) atoms. The Bertz CT molecular complexity index is 711. The van der Waals surface area contributed by atoms with Crippen LogP contribution in [0.2, 0.25) is 0 Å². The lowest BCUT2D eigenvalue weighted by molar-refractivity contribution is 0.598. The van der Waals surface area contributed by atoms with Gasteiger partial charge in [-0.25, -0.2) is 13.6 Å². The predicted molar refractivity (Wildman–Crippen MR) is 86.5 cm³/mol. The minimum atomic E-state index is -3.66. The van der Waals surface area contributed by atoms with Crippen LogP contribution in [0, 0.1) is 0 Å². The second-order valence-corrected chi connectivity index (χ2v) is 7.93. The van der Waals surface area contributed by atoms with Crippen molar-refractivity contribution < 1.29 is 8.42 Å². The van der Waals surface area contributed by atoms with Crippen LogP contribution in [-0.2, 0) is 23.0 Å². The summed E-state index contributed by atoms with van der Waals surface area (Å²) in [4.78, 5) is 2.69. The average molecular weight is 375 g/mol. The molecule has 1 aromatic heterocycles. The summed E-state index contributed by atoms with van der Waals surface area (Å²) in [5.41, 5.74) is 0.837. The van der Waals surface area contributed by atoms with Crippen LogP contribution in [0.15, 0.2) is 39.7 Å². The Morgan fingerprint density at radius 3 is 2.50 bits per heavy atom. The number of sulfonamides is 1. The highest BCUT2D eigenvalue weighted by Crippen LogP contribution is 2.26. The van der Waals surface area contributed by atoms with E-state index >= 15 is 0 Å². The van der Waals surface area contributed by atoms with Gasteiger partial charge in [-0.3, -0.25) is 0 Å². The van der Waals surface area contributed by atoms with E-state index in [0.29, 0.717) is 11.0 Å². The van der Waals surface area contributed by atoms with Gasteiger partial charge in [0.2, 0.25) is 10.0 Å². The molecule has 1 aromatic carbocycles. The number of anilines is 1. The molecule has 3 N–H and O–H groups in total. The van der Waals surface area contributed by atoms with E-state index in [9.17, 15) is 8.42 Å². The highest BCUT2D eigenvalue weighted by atomic mass is 79.9. The van der Waals surface area contributed by atoms with Crippen molar-refractivity contribution in [1.82, 2.24) is 0 Å². The maximum absolute atomic E-state index is 11.2. The van der Waals surface area contributed by atoms with Crippen LogP contribution in [-0.4, -0.2) is 8.42 Å². The normalized spacial score (nSPS) is 11.6. The van der Waals surface area contributed by atoms with Gasteiger partial charge in [-0.2, -0.15) is 0 Å². The quantitative estimate of drug-likeness (QED) is 0.842. The van der Waals surface area contributed by atoms with E-state index < -0.39 is 10.0 Å². The molecule has 4 nitrogen and oxygen atoms in total. The molecular weight excluding hydrogens is 360 g/mol. The van der Waals surface area contributed by atoms with Gasteiger partial charge in [0, 0.05) is 26.5 Å². The molecule has 2 aromatic rings. The average Bonchev–Trinajstić information content (AvgIpc) is 2.84. The van der Waals surface area contributed by atoms with E-state index in [1.807, 2.05) is 0 Å². The fraction of sp³-hybridized carbons (Fsp3) is 0.231. The number of rotatable bonds is 5. The number of nitrogens with one attached hydrogen (secondary N) is 1. The van der Waals surface area contributed by atoms with Crippen molar-refractivity contribution in [3.05, 3.63) is 44.6 Å². The summed E-state index contributed by atoms with van der Waals surface area (Å²) in [5.74, 6) is 0. The van der Waals surface area contributed by atoms with E-state index in [1.165, 1.54) is 21.9 Å². The van der Waals surface area contributed by atoms with Gasteiger partial charge in [-0.15, -0.1) is 11.3 Å². The zero-order valence-electron chi connectivity index (χ0n) is 10.9. The largest absolute Gasteiger partial charge is 0.379 e. The molecule has 0 saturated heterocycles. The molecule has 0 aliphatic carbocycles. The van der Waals surface area contributed by atoms with Crippen molar-refractivity contribution in [2.75, 3.05) is 5.32 Å². The Hall–Kier alpha value is -0.890. The SMILES string of the molecule is CCc1ccc(CNc2ccc(S(N)(=O)=O)cc2Br)s1. The summed E-state index contributed by atoms with van der Waals surface area (Å²) in [6.45, 7) is 2.84. The second kappa shape index (κ2) is 6.26. The molecule has 0 saturated carbocycles. The molecule has 0 bridgehead atoms. The van der Waals surface area contributed by atoms with E-state index in [-0.39, 0.29) is 4.90 Å². The first kappa shape index (κ1) is 15.5. The fourth-order valence-corrected chi connectivity index (χ4v) is 3.81. The predicted octanol–water partition coefficient (Wildman–Crippen LogP) is 3.33. The number of hydrogen-bond donors (Lipinski definition) is 2. The Kier molecular flexibility index (Phi) is 4.85. The molecule has 108 valence electrons. The topological polar surface area (TPSA) is 72.2 Å². The van der Waals surface area contributed by atoms with Gasteiger partial charge in [0.25, 0.3) is 0 Å². The molecule has 7 heteroatoms.